The second kappa shape index (κ2) is 5.65. The third-order valence-electron chi connectivity index (χ3n) is 2.59. The molecule has 2 heterocycles. The molecule has 0 bridgehead atoms. The standard InChI is InChI=1S/C9H17N5O3S/c10-9-7-11-13(8-9)2-1-12-18(15,16)14-3-5-17-6-4-14/h7-8,12H,1-6,10H2. The SMILES string of the molecule is Nc1cnn(CCNS(=O)(=O)N2CCOCC2)c1. The maximum absolute atomic E-state index is 11.9. The van der Waals surface area contributed by atoms with Crippen molar-refractivity contribution in [1.82, 2.24) is 18.8 Å². The van der Waals surface area contributed by atoms with E-state index in [1.807, 2.05) is 0 Å². The van der Waals surface area contributed by atoms with Gasteiger partial charge in [0.1, 0.15) is 0 Å². The topological polar surface area (TPSA) is 102 Å². The molecule has 9 heteroatoms. The van der Waals surface area contributed by atoms with Crippen LogP contribution in [0.4, 0.5) is 5.69 Å². The van der Waals surface area contributed by atoms with E-state index in [0.717, 1.165) is 0 Å². The monoisotopic (exact) mass is 275 g/mol. The Morgan fingerprint density at radius 3 is 2.78 bits per heavy atom. The zero-order valence-electron chi connectivity index (χ0n) is 9.95. The van der Waals surface area contributed by atoms with Gasteiger partial charge in [0, 0.05) is 25.8 Å². The van der Waals surface area contributed by atoms with E-state index in [4.69, 9.17) is 10.5 Å². The summed E-state index contributed by atoms with van der Waals surface area (Å²) in [5.74, 6) is 0. The number of hydrogen-bond donors (Lipinski definition) is 2. The molecule has 0 spiro atoms. The van der Waals surface area contributed by atoms with Crippen molar-refractivity contribution < 1.29 is 13.2 Å². The average molecular weight is 275 g/mol. The summed E-state index contributed by atoms with van der Waals surface area (Å²) in [6, 6.07) is 0. The molecule has 18 heavy (non-hydrogen) atoms. The van der Waals surface area contributed by atoms with E-state index < -0.39 is 10.2 Å². The molecule has 0 unspecified atom stereocenters. The maximum atomic E-state index is 11.9. The third-order valence-corrected chi connectivity index (χ3v) is 4.20. The Kier molecular flexibility index (Phi) is 4.17. The van der Waals surface area contributed by atoms with Crippen LogP contribution in [0.15, 0.2) is 12.4 Å². The largest absolute Gasteiger partial charge is 0.396 e. The van der Waals surface area contributed by atoms with E-state index in [1.54, 1.807) is 10.9 Å². The Balaban J connectivity index is 1.81. The zero-order valence-corrected chi connectivity index (χ0v) is 10.8. The first-order chi connectivity index (χ1) is 8.58. The van der Waals surface area contributed by atoms with Gasteiger partial charge in [-0.2, -0.15) is 17.8 Å². The van der Waals surface area contributed by atoms with Crippen molar-refractivity contribution in [2.75, 3.05) is 38.6 Å². The Labute approximate surface area is 106 Å². The quantitative estimate of drug-likeness (QED) is 0.690. The van der Waals surface area contributed by atoms with E-state index in [1.165, 1.54) is 10.5 Å². The lowest BCUT2D eigenvalue weighted by atomic mass is 10.5. The van der Waals surface area contributed by atoms with Crippen molar-refractivity contribution in [3.8, 4) is 0 Å². The van der Waals surface area contributed by atoms with Crippen LogP contribution in [-0.2, 0) is 21.5 Å². The lowest BCUT2D eigenvalue weighted by Gasteiger charge is -2.26. The smallest absolute Gasteiger partial charge is 0.279 e. The lowest BCUT2D eigenvalue weighted by Crippen LogP contribution is -2.47. The van der Waals surface area contributed by atoms with Crippen LogP contribution in [0.3, 0.4) is 0 Å². The van der Waals surface area contributed by atoms with Gasteiger partial charge in [-0.05, 0) is 0 Å². The van der Waals surface area contributed by atoms with Crippen molar-refractivity contribution >= 4 is 15.9 Å². The number of morpholine rings is 1. The van der Waals surface area contributed by atoms with Crippen molar-refractivity contribution in [2.45, 2.75) is 6.54 Å². The number of nitrogens with two attached hydrogens (primary N) is 1. The molecule has 0 atom stereocenters. The fraction of sp³-hybridized carbons (Fsp3) is 0.667. The van der Waals surface area contributed by atoms with Gasteiger partial charge in [0.25, 0.3) is 10.2 Å². The van der Waals surface area contributed by atoms with E-state index in [-0.39, 0.29) is 6.54 Å². The van der Waals surface area contributed by atoms with E-state index in [2.05, 4.69) is 9.82 Å². The van der Waals surface area contributed by atoms with Crippen LogP contribution >= 0.6 is 0 Å². The minimum atomic E-state index is -3.42. The van der Waals surface area contributed by atoms with Crippen LogP contribution in [0.2, 0.25) is 0 Å². The number of rotatable bonds is 5. The number of anilines is 1. The van der Waals surface area contributed by atoms with Crippen LogP contribution < -0.4 is 10.5 Å². The van der Waals surface area contributed by atoms with Gasteiger partial charge in [0.05, 0.1) is 31.6 Å². The molecule has 2 rings (SSSR count). The van der Waals surface area contributed by atoms with Gasteiger partial charge in [0.15, 0.2) is 0 Å². The van der Waals surface area contributed by atoms with Gasteiger partial charge in [-0.1, -0.05) is 0 Å². The number of hydrogen-bond acceptors (Lipinski definition) is 5. The molecule has 0 aromatic carbocycles. The molecule has 1 fully saturated rings. The predicted octanol–water partition coefficient (Wildman–Crippen LogP) is -1.37. The first-order valence-corrected chi connectivity index (χ1v) is 7.12. The third kappa shape index (κ3) is 3.42. The average Bonchev–Trinajstić information content (AvgIpc) is 2.76. The molecule has 1 aromatic rings. The maximum Gasteiger partial charge on any atom is 0.279 e. The molecular formula is C9H17N5O3S. The molecule has 0 amide bonds. The summed E-state index contributed by atoms with van der Waals surface area (Å²) in [5.41, 5.74) is 6.07. The summed E-state index contributed by atoms with van der Waals surface area (Å²) >= 11 is 0. The van der Waals surface area contributed by atoms with Crippen molar-refractivity contribution in [3.63, 3.8) is 0 Å². The van der Waals surface area contributed by atoms with Gasteiger partial charge in [0.2, 0.25) is 0 Å². The highest BCUT2D eigenvalue weighted by molar-refractivity contribution is 7.87. The highest BCUT2D eigenvalue weighted by Gasteiger charge is 2.23. The zero-order chi connectivity index (χ0) is 13.0. The van der Waals surface area contributed by atoms with Crippen LogP contribution in [0, 0.1) is 0 Å². The molecule has 8 nitrogen and oxygen atoms in total. The van der Waals surface area contributed by atoms with Crippen molar-refractivity contribution in [2.24, 2.45) is 0 Å². The van der Waals surface area contributed by atoms with E-state index >= 15 is 0 Å². The lowest BCUT2D eigenvalue weighted by molar-refractivity contribution is 0.0725. The summed E-state index contributed by atoms with van der Waals surface area (Å²) in [5, 5.41) is 3.97. The van der Waals surface area contributed by atoms with Crippen LogP contribution in [0.1, 0.15) is 0 Å². The van der Waals surface area contributed by atoms with Crippen LogP contribution in [-0.4, -0.2) is 55.4 Å². The molecular weight excluding hydrogens is 258 g/mol. The second-order valence-electron chi connectivity index (χ2n) is 3.95. The molecule has 1 aromatic heterocycles. The minimum Gasteiger partial charge on any atom is -0.396 e. The first kappa shape index (κ1) is 13.3. The summed E-state index contributed by atoms with van der Waals surface area (Å²) in [6.45, 7) is 2.39. The molecule has 102 valence electrons. The number of aromatic nitrogens is 2. The molecule has 0 aliphatic carbocycles. The van der Waals surface area contributed by atoms with Crippen LogP contribution in [0.5, 0.6) is 0 Å². The highest BCUT2D eigenvalue weighted by Crippen LogP contribution is 2.02. The van der Waals surface area contributed by atoms with Gasteiger partial charge in [-0.15, -0.1) is 0 Å². The molecule has 1 aliphatic heterocycles. The Morgan fingerprint density at radius 2 is 2.17 bits per heavy atom. The van der Waals surface area contributed by atoms with Crippen molar-refractivity contribution in [3.05, 3.63) is 12.4 Å². The minimum absolute atomic E-state index is 0.279. The number of nitrogen functional groups attached to an aromatic ring is 1. The van der Waals surface area contributed by atoms with Gasteiger partial charge >= 0.3 is 0 Å². The first-order valence-electron chi connectivity index (χ1n) is 5.68. The van der Waals surface area contributed by atoms with E-state index in [0.29, 0.717) is 38.5 Å². The van der Waals surface area contributed by atoms with E-state index in [9.17, 15) is 8.42 Å². The van der Waals surface area contributed by atoms with Gasteiger partial charge < -0.3 is 10.5 Å². The summed E-state index contributed by atoms with van der Waals surface area (Å²) in [6.07, 6.45) is 3.18. The summed E-state index contributed by atoms with van der Waals surface area (Å²) in [7, 11) is -3.42. The number of ether oxygens (including phenoxy) is 1. The number of nitrogens with zero attached hydrogens (tertiary/aromatic N) is 3. The Bertz CT molecular complexity index is 480. The van der Waals surface area contributed by atoms with Gasteiger partial charge in [-0.25, -0.2) is 4.72 Å². The fourth-order valence-corrected chi connectivity index (χ4v) is 2.83. The summed E-state index contributed by atoms with van der Waals surface area (Å²) in [4.78, 5) is 0. The molecule has 3 N–H and O–H groups in total. The fourth-order valence-electron chi connectivity index (χ4n) is 1.67. The number of nitrogens with one attached hydrogen (secondary N) is 1. The van der Waals surface area contributed by atoms with Gasteiger partial charge in [-0.3, -0.25) is 4.68 Å². The predicted molar refractivity (Wildman–Crippen MR) is 66.0 cm³/mol. The van der Waals surface area contributed by atoms with Crippen molar-refractivity contribution in [1.29, 1.82) is 0 Å². The molecule has 1 saturated heterocycles. The highest BCUT2D eigenvalue weighted by atomic mass is 32.2. The Morgan fingerprint density at radius 1 is 1.44 bits per heavy atom. The molecule has 1 aliphatic rings. The summed E-state index contributed by atoms with van der Waals surface area (Å²) < 4.78 is 34.4. The second-order valence-corrected chi connectivity index (χ2v) is 5.70. The van der Waals surface area contributed by atoms with Crippen LogP contribution in [0.25, 0.3) is 0 Å². The molecule has 0 saturated carbocycles. The Hall–Kier alpha value is -1.16. The molecule has 0 radical (unpaired) electrons. The normalized spacial score (nSPS) is 18.0.